The second-order valence-corrected chi connectivity index (χ2v) is 6.56. The van der Waals surface area contributed by atoms with Gasteiger partial charge in [-0.25, -0.2) is 0 Å². The van der Waals surface area contributed by atoms with Gasteiger partial charge in [0.15, 0.2) is 0 Å². The summed E-state index contributed by atoms with van der Waals surface area (Å²) in [7, 11) is 0. The van der Waals surface area contributed by atoms with Crippen LogP contribution in [-0.4, -0.2) is 41.9 Å². The Bertz CT molecular complexity index is 490. The molecule has 0 spiro atoms. The minimum atomic E-state index is -0.449. The molecule has 5 nitrogen and oxygen atoms in total. The Labute approximate surface area is 123 Å². The minimum Gasteiger partial charge on any atom is -0.348 e. The van der Waals surface area contributed by atoms with E-state index in [0.717, 1.165) is 22.6 Å². The second kappa shape index (κ2) is 6.37. The topological polar surface area (TPSA) is 75.4 Å². The lowest BCUT2D eigenvalue weighted by atomic mass is 10.0. The average molecular weight is 295 g/mol. The summed E-state index contributed by atoms with van der Waals surface area (Å²) in [5, 5.41) is 3.04. The number of nitrogens with two attached hydrogens (primary N) is 1. The molecule has 1 aromatic rings. The zero-order chi connectivity index (χ0) is 14.7. The van der Waals surface area contributed by atoms with Crippen LogP contribution in [0.4, 0.5) is 0 Å². The first kappa shape index (κ1) is 15.0. The third-order valence-corrected chi connectivity index (χ3v) is 4.49. The molecule has 0 aliphatic carbocycles. The smallest absolute Gasteiger partial charge is 0.261 e. The van der Waals surface area contributed by atoms with Crippen LogP contribution < -0.4 is 11.1 Å². The van der Waals surface area contributed by atoms with Crippen LogP contribution in [0.5, 0.6) is 0 Å². The molecule has 2 heterocycles. The van der Waals surface area contributed by atoms with Crippen molar-refractivity contribution < 1.29 is 9.59 Å². The maximum atomic E-state index is 12.0. The third kappa shape index (κ3) is 3.58. The molecule has 1 atom stereocenters. The van der Waals surface area contributed by atoms with Gasteiger partial charge in [-0.3, -0.25) is 9.59 Å². The van der Waals surface area contributed by atoms with Crippen molar-refractivity contribution in [3.05, 3.63) is 21.9 Å². The normalized spacial score (nSPS) is 17.9. The van der Waals surface area contributed by atoms with Crippen molar-refractivity contribution in [2.24, 2.45) is 5.73 Å². The van der Waals surface area contributed by atoms with Gasteiger partial charge in [0.05, 0.1) is 10.9 Å². The predicted molar refractivity (Wildman–Crippen MR) is 79.8 cm³/mol. The highest BCUT2D eigenvalue weighted by molar-refractivity contribution is 7.13. The molecule has 110 valence electrons. The first-order valence-corrected chi connectivity index (χ1v) is 7.70. The van der Waals surface area contributed by atoms with Crippen molar-refractivity contribution in [2.75, 3.05) is 13.1 Å². The van der Waals surface area contributed by atoms with Crippen molar-refractivity contribution in [2.45, 2.75) is 38.8 Å². The Kier molecular flexibility index (Phi) is 4.77. The van der Waals surface area contributed by atoms with E-state index in [1.165, 1.54) is 11.3 Å². The number of nitrogens with zero attached hydrogens (tertiary/aromatic N) is 1. The third-order valence-electron chi connectivity index (χ3n) is 3.50. The zero-order valence-electron chi connectivity index (χ0n) is 11.9. The fourth-order valence-corrected chi connectivity index (χ4v) is 3.12. The van der Waals surface area contributed by atoms with E-state index in [1.54, 1.807) is 11.8 Å². The summed E-state index contributed by atoms with van der Waals surface area (Å²) in [5.74, 6) is -0.0243. The summed E-state index contributed by atoms with van der Waals surface area (Å²) in [6, 6.07) is 3.49. The van der Waals surface area contributed by atoms with E-state index >= 15 is 0 Å². The fourth-order valence-electron chi connectivity index (χ4n) is 2.35. The number of thiophene rings is 1. The summed E-state index contributed by atoms with van der Waals surface area (Å²) in [4.78, 5) is 27.5. The van der Waals surface area contributed by atoms with Crippen LogP contribution >= 0.6 is 11.3 Å². The molecule has 1 fully saturated rings. The lowest BCUT2D eigenvalue weighted by molar-refractivity contribution is -0.133. The van der Waals surface area contributed by atoms with Gasteiger partial charge in [0, 0.05) is 24.0 Å². The number of carbonyl (C=O) groups excluding carboxylic acids is 2. The molecule has 0 bridgehead atoms. The van der Waals surface area contributed by atoms with Gasteiger partial charge in [0.25, 0.3) is 5.91 Å². The van der Waals surface area contributed by atoms with Gasteiger partial charge in [-0.05, 0) is 38.8 Å². The molecule has 0 aromatic carbocycles. The van der Waals surface area contributed by atoms with Gasteiger partial charge in [0.2, 0.25) is 5.91 Å². The summed E-state index contributed by atoms with van der Waals surface area (Å²) >= 11 is 1.50. The van der Waals surface area contributed by atoms with Crippen molar-refractivity contribution in [1.82, 2.24) is 10.2 Å². The maximum absolute atomic E-state index is 12.0. The summed E-state index contributed by atoms with van der Waals surface area (Å²) in [5.41, 5.74) is 5.60. The number of amides is 2. The predicted octanol–water partition coefficient (Wildman–Crippen LogP) is 1.12. The van der Waals surface area contributed by atoms with Crippen molar-refractivity contribution in [1.29, 1.82) is 0 Å². The first-order valence-electron chi connectivity index (χ1n) is 6.89. The standard InChI is InChI=1S/C14H21N3O2S/c1-9-3-4-12(20-9)13(18)16-11-5-7-17(8-6-11)14(19)10(2)15/h3-4,10-11H,5-8,15H2,1-2H3,(H,16,18)/t10-/m0/s1. The number of carbonyl (C=O) groups is 2. The molecule has 0 saturated carbocycles. The van der Waals surface area contributed by atoms with Gasteiger partial charge >= 0.3 is 0 Å². The van der Waals surface area contributed by atoms with E-state index in [0.29, 0.717) is 13.1 Å². The lowest BCUT2D eigenvalue weighted by Gasteiger charge is -2.33. The lowest BCUT2D eigenvalue weighted by Crippen LogP contribution is -2.50. The van der Waals surface area contributed by atoms with Crippen LogP contribution in [-0.2, 0) is 4.79 Å². The fraction of sp³-hybridized carbons (Fsp3) is 0.571. The van der Waals surface area contributed by atoms with E-state index in [-0.39, 0.29) is 17.9 Å². The van der Waals surface area contributed by atoms with E-state index < -0.39 is 6.04 Å². The number of nitrogens with one attached hydrogen (secondary N) is 1. The molecule has 2 rings (SSSR count). The SMILES string of the molecule is Cc1ccc(C(=O)NC2CCN(C(=O)[C@H](C)N)CC2)s1. The van der Waals surface area contributed by atoms with Crippen molar-refractivity contribution in [3.8, 4) is 0 Å². The van der Waals surface area contributed by atoms with Crippen LogP contribution in [0.1, 0.15) is 34.3 Å². The largest absolute Gasteiger partial charge is 0.348 e. The summed E-state index contributed by atoms with van der Waals surface area (Å²) in [6.45, 7) is 5.01. The molecule has 20 heavy (non-hydrogen) atoms. The molecular formula is C14H21N3O2S. The summed E-state index contributed by atoms with van der Waals surface area (Å²) in [6.07, 6.45) is 1.57. The molecule has 1 aromatic heterocycles. The van der Waals surface area contributed by atoms with E-state index in [4.69, 9.17) is 5.73 Å². The molecule has 0 unspecified atom stereocenters. The first-order chi connectivity index (χ1) is 9.47. The van der Waals surface area contributed by atoms with Crippen molar-refractivity contribution >= 4 is 23.2 Å². The van der Waals surface area contributed by atoms with Gasteiger partial charge in [-0.1, -0.05) is 0 Å². The highest BCUT2D eigenvalue weighted by Crippen LogP contribution is 2.17. The van der Waals surface area contributed by atoms with Crippen LogP contribution in [0.15, 0.2) is 12.1 Å². The summed E-state index contributed by atoms with van der Waals surface area (Å²) < 4.78 is 0. The van der Waals surface area contributed by atoms with Crippen LogP contribution in [0.2, 0.25) is 0 Å². The Morgan fingerprint density at radius 3 is 2.55 bits per heavy atom. The maximum Gasteiger partial charge on any atom is 0.261 e. The van der Waals surface area contributed by atoms with E-state index in [2.05, 4.69) is 5.32 Å². The van der Waals surface area contributed by atoms with Crippen LogP contribution in [0, 0.1) is 6.92 Å². The van der Waals surface area contributed by atoms with Crippen LogP contribution in [0.25, 0.3) is 0 Å². The highest BCUT2D eigenvalue weighted by atomic mass is 32.1. The number of likely N-dealkylation sites (tertiary alicyclic amines) is 1. The minimum absolute atomic E-state index is 0.0105. The molecule has 1 aliphatic rings. The number of rotatable bonds is 3. The van der Waals surface area contributed by atoms with E-state index in [1.807, 2.05) is 19.1 Å². The molecule has 1 aliphatic heterocycles. The molecular weight excluding hydrogens is 274 g/mol. The van der Waals surface area contributed by atoms with E-state index in [9.17, 15) is 9.59 Å². The van der Waals surface area contributed by atoms with Gasteiger partial charge in [-0.15, -0.1) is 11.3 Å². The Morgan fingerprint density at radius 1 is 1.40 bits per heavy atom. The molecule has 2 amide bonds. The number of hydrogen-bond acceptors (Lipinski definition) is 4. The van der Waals surface area contributed by atoms with Crippen LogP contribution in [0.3, 0.4) is 0 Å². The monoisotopic (exact) mass is 295 g/mol. The number of aryl methyl sites for hydroxylation is 1. The molecule has 3 N–H and O–H groups in total. The van der Waals surface area contributed by atoms with Crippen molar-refractivity contribution in [3.63, 3.8) is 0 Å². The number of piperidine rings is 1. The Balaban J connectivity index is 1.83. The highest BCUT2D eigenvalue weighted by Gasteiger charge is 2.25. The second-order valence-electron chi connectivity index (χ2n) is 5.27. The number of hydrogen-bond donors (Lipinski definition) is 2. The molecule has 6 heteroatoms. The molecule has 0 radical (unpaired) electrons. The molecule has 1 saturated heterocycles. The Morgan fingerprint density at radius 2 is 2.05 bits per heavy atom. The van der Waals surface area contributed by atoms with Gasteiger partial charge in [-0.2, -0.15) is 0 Å². The van der Waals surface area contributed by atoms with Gasteiger partial charge in [0.1, 0.15) is 0 Å². The Hall–Kier alpha value is -1.40. The average Bonchev–Trinajstić information content (AvgIpc) is 2.85. The zero-order valence-corrected chi connectivity index (χ0v) is 12.7. The quantitative estimate of drug-likeness (QED) is 0.877. The van der Waals surface area contributed by atoms with Gasteiger partial charge < -0.3 is 16.0 Å².